The van der Waals surface area contributed by atoms with Gasteiger partial charge >= 0.3 is 0 Å². The standard InChI is InChI=1S/C21H22F2N4O3S/c1-21(23,17-10-6-7-11-18(17)22)20(28)26-19(15-8-4-3-5-9-15)13-25-31(29,30)16-12-24-27(2)14-16/h3-12,14,19,25H,13H2,1-2H3,(H,26,28). The normalized spacial score (nSPS) is 14.6. The maximum absolute atomic E-state index is 15.3. The first-order valence-corrected chi connectivity index (χ1v) is 10.9. The topological polar surface area (TPSA) is 93.1 Å². The molecule has 1 aromatic heterocycles. The van der Waals surface area contributed by atoms with Gasteiger partial charge in [-0.15, -0.1) is 0 Å². The molecule has 2 aromatic carbocycles. The molecule has 2 atom stereocenters. The number of carbonyl (C=O) groups is 1. The van der Waals surface area contributed by atoms with Gasteiger partial charge in [0.05, 0.1) is 12.2 Å². The van der Waals surface area contributed by atoms with Gasteiger partial charge in [0.25, 0.3) is 5.91 Å². The Balaban J connectivity index is 1.83. The molecular formula is C21H22F2N4O3S. The SMILES string of the molecule is Cn1cc(S(=O)(=O)NCC(NC(=O)C(C)(F)c2ccccc2F)c2ccccc2)cn1. The zero-order valence-corrected chi connectivity index (χ0v) is 17.7. The van der Waals surface area contributed by atoms with Gasteiger partial charge in [-0.2, -0.15) is 5.10 Å². The molecule has 10 heteroatoms. The van der Waals surface area contributed by atoms with Gasteiger partial charge in [-0.05, 0) is 18.6 Å². The number of aryl methyl sites for hydroxylation is 1. The number of sulfonamides is 1. The number of halogens is 2. The van der Waals surface area contributed by atoms with E-state index >= 15 is 4.39 Å². The van der Waals surface area contributed by atoms with E-state index in [2.05, 4.69) is 15.1 Å². The van der Waals surface area contributed by atoms with Crippen molar-refractivity contribution in [2.75, 3.05) is 6.54 Å². The van der Waals surface area contributed by atoms with Crippen molar-refractivity contribution in [2.45, 2.75) is 23.5 Å². The zero-order valence-electron chi connectivity index (χ0n) is 16.9. The molecule has 7 nitrogen and oxygen atoms in total. The first kappa shape index (κ1) is 22.6. The number of hydrogen-bond acceptors (Lipinski definition) is 4. The molecule has 2 unspecified atom stereocenters. The molecule has 0 radical (unpaired) electrons. The van der Waals surface area contributed by atoms with Gasteiger partial charge in [-0.25, -0.2) is 21.9 Å². The predicted molar refractivity (Wildman–Crippen MR) is 111 cm³/mol. The van der Waals surface area contributed by atoms with Crippen molar-refractivity contribution < 1.29 is 22.0 Å². The quantitative estimate of drug-likeness (QED) is 0.554. The lowest BCUT2D eigenvalue weighted by Crippen LogP contribution is -2.44. The van der Waals surface area contributed by atoms with Crippen LogP contribution < -0.4 is 10.0 Å². The highest BCUT2D eigenvalue weighted by Crippen LogP contribution is 2.29. The molecule has 0 saturated heterocycles. The van der Waals surface area contributed by atoms with E-state index in [1.165, 1.54) is 35.3 Å². The largest absolute Gasteiger partial charge is 0.345 e. The molecule has 31 heavy (non-hydrogen) atoms. The summed E-state index contributed by atoms with van der Waals surface area (Å²) in [5, 5.41) is 6.33. The van der Waals surface area contributed by atoms with Crippen LogP contribution in [-0.4, -0.2) is 30.7 Å². The number of hydrogen-bond donors (Lipinski definition) is 2. The minimum atomic E-state index is -3.91. The summed E-state index contributed by atoms with van der Waals surface area (Å²) in [6, 6.07) is 12.7. The Morgan fingerprint density at radius 3 is 2.42 bits per heavy atom. The third-order valence-corrected chi connectivity index (χ3v) is 6.16. The lowest BCUT2D eigenvalue weighted by molar-refractivity contribution is -0.133. The number of rotatable bonds is 8. The summed E-state index contributed by atoms with van der Waals surface area (Å²) in [6.45, 7) is 0.711. The van der Waals surface area contributed by atoms with Crippen LogP contribution in [0.15, 0.2) is 71.9 Å². The highest BCUT2D eigenvalue weighted by molar-refractivity contribution is 7.89. The molecule has 0 fully saturated rings. The summed E-state index contributed by atoms with van der Waals surface area (Å²) in [7, 11) is -2.33. The average Bonchev–Trinajstić information content (AvgIpc) is 3.19. The van der Waals surface area contributed by atoms with Gasteiger partial charge in [0.2, 0.25) is 15.7 Å². The Labute approximate surface area is 179 Å². The Hall–Kier alpha value is -3.11. The highest BCUT2D eigenvalue weighted by Gasteiger charge is 2.38. The summed E-state index contributed by atoms with van der Waals surface area (Å²) in [5.41, 5.74) is -2.52. The maximum atomic E-state index is 15.3. The molecule has 1 heterocycles. The molecule has 164 valence electrons. The molecule has 2 N–H and O–H groups in total. The summed E-state index contributed by atoms with van der Waals surface area (Å²) < 4.78 is 58.2. The molecule has 0 aliphatic rings. The van der Waals surface area contributed by atoms with E-state index in [4.69, 9.17) is 0 Å². The molecule has 3 aromatic rings. The van der Waals surface area contributed by atoms with Crippen LogP contribution in [0.5, 0.6) is 0 Å². The lowest BCUT2D eigenvalue weighted by atomic mass is 9.95. The van der Waals surface area contributed by atoms with Gasteiger partial charge in [0.15, 0.2) is 0 Å². The molecule has 0 spiro atoms. The Kier molecular flexibility index (Phi) is 6.51. The van der Waals surface area contributed by atoms with Crippen LogP contribution in [0.1, 0.15) is 24.1 Å². The van der Waals surface area contributed by atoms with Crippen molar-refractivity contribution in [3.63, 3.8) is 0 Å². The summed E-state index contributed by atoms with van der Waals surface area (Å²) >= 11 is 0. The Bertz CT molecular complexity index is 1160. The molecule has 0 saturated carbocycles. The number of amides is 1. The fourth-order valence-electron chi connectivity index (χ4n) is 3.01. The van der Waals surface area contributed by atoms with Gasteiger partial charge in [0, 0.05) is 25.4 Å². The predicted octanol–water partition coefficient (Wildman–Crippen LogP) is 2.58. The minimum absolute atomic E-state index is 0.0465. The number of nitrogens with zero attached hydrogens (tertiary/aromatic N) is 2. The van der Waals surface area contributed by atoms with Crippen LogP contribution in [-0.2, 0) is 27.5 Å². The second-order valence-electron chi connectivity index (χ2n) is 7.12. The molecule has 0 aliphatic heterocycles. The van der Waals surface area contributed by atoms with Crippen LogP contribution in [0.2, 0.25) is 0 Å². The van der Waals surface area contributed by atoms with Gasteiger partial charge in [-0.1, -0.05) is 48.5 Å². The highest BCUT2D eigenvalue weighted by atomic mass is 32.2. The van der Waals surface area contributed by atoms with E-state index in [1.54, 1.807) is 37.4 Å². The van der Waals surface area contributed by atoms with Crippen LogP contribution in [0, 0.1) is 5.82 Å². The molecule has 0 aliphatic carbocycles. The number of benzene rings is 2. The maximum Gasteiger partial charge on any atom is 0.262 e. The summed E-state index contributed by atoms with van der Waals surface area (Å²) in [4.78, 5) is 12.7. The van der Waals surface area contributed by atoms with Crippen LogP contribution in [0.4, 0.5) is 8.78 Å². The molecule has 0 bridgehead atoms. The van der Waals surface area contributed by atoms with E-state index in [1.807, 2.05) is 0 Å². The second-order valence-corrected chi connectivity index (χ2v) is 8.89. The smallest absolute Gasteiger partial charge is 0.262 e. The van der Waals surface area contributed by atoms with Crippen molar-refractivity contribution in [2.24, 2.45) is 7.05 Å². The molecular weight excluding hydrogens is 426 g/mol. The van der Waals surface area contributed by atoms with Crippen molar-refractivity contribution in [3.05, 3.63) is 83.9 Å². The molecule has 1 amide bonds. The second kappa shape index (κ2) is 8.94. The van der Waals surface area contributed by atoms with Crippen LogP contribution >= 0.6 is 0 Å². The Morgan fingerprint density at radius 2 is 1.81 bits per heavy atom. The third kappa shape index (κ3) is 5.15. The van der Waals surface area contributed by atoms with Gasteiger partial charge in [0.1, 0.15) is 10.7 Å². The van der Waals surface area contributed by atoms with Crippen LogP contribution in [0.25, 0.3) is 0 Å². The van der Waals surface area contributed by atoms with E-state index in [0.717, 1.165) is 13.0 Å². The zero-order chi connectivity index (χ0) is 22.6. The first-order valence-electron chi connectivity index (χ1n) is 9.39. The fraction of sp³-hybridized carbons (Fsp3) is 0.238. The third-order valence-electron chi connectivity index (χ3n) is 4.78. The lowest BCUT2D eigenvalue weighted by Gasteiger charge is -2.26. The van der Waals surface area contributed by atoms with E-state index < -0.39 is 39.0 Å². The van der Waals surface area contributed by atoms with Crippen LogP contribution in [0.3, 0.4) is 0 Å². The van der Waals surface area contributed by atoms with Crippen molar-refractivity contribution in [3.8, 4) is 0 Å². The minimum Gasteiger partial charge on any atom is -0.345 e. The van der Waals surface area contributed by atoms with E-state index in [-0.39, 0.29) is 11.4 Å². The summed E-state index contributed by atoms with van der Waals surface area (Å²) in [5.74, 6) is -1.94. The van der Waals surface area contributed by atoms with Crippen molar-refractivity contribution in [1.82, 2.24) is 19.8 Å². The average molecular weight is 448 g/mol. The van der Waals surface area contributed by atoms with Crippen molar-refractivity contribution >= 4 is 15.9 Å². The number of nitrogens with one attached hydrogen (secondary N) is 2. The van der Waals surface area contributed by atoms with Gasteiger partial charge < -0.3 is 5.32 Å². The van der Waals surface area contributed by atoms with Crippen molar-refractivity contribution in [1.29, 1.82) is 0 Å². The number of alkyl halides is 1. The monoisotopic (exact) mass is 448 g/mol. The summed E-state index contributed by atoms with van der Waals surface area (Å²) in [6.07, 6.45) is 2.52. The number of carbonyl (C=O) groups excluding carboxylic acids is 1. The molecule has 3 rings (SSSR count). The van der Waals surface area contributed by atoms with Gasteiger partial charge in [-0.3, -0.25) is 9.48 Å². The van der Waals surface area contributed by atoms with E-state index in [0.29, 0.717) is 5.56 Å². The fourth-order valence-corrected chi connectivity index (χ4v) is 4.04. The van der Waals surface area contributed by atoms with E-state index in [9.17, 15) is 17.6 Å². The number of aromatic nitrogens is 2. The Morgan fingerprint density at radius 1 is 1.16 bits per heavy atom. The first-order chi connectivity index (χ1) is 14.6.